The summed E-state index contributed by atoms with van der Waals surface area (Å²) >= 11 is 0. The van der Waals surface area contributed by atoms with Crippen LogP contribution in [0.4, 0.5) is 0 Å². The van der Waals surface area contributed by atoms with Crippen molar-refractivity contribution in [2.45, 2.75) is 0 Å². The van der Waals surface area contributed by atoms with E-state index < -0.39 is 0 Å². The summed E-state index contributed by atoms with van der Waals surface area (Å²) < 4.78 is 10.3. The fourth-order valence-corrected chi connectivity index (χ4v) is 1.43. The monoisotopic (exact) mass is 247 g/mol. The summed E-state index contributed by atoms with van der Waals surface area (Å²) in [6, 6.07) is 3.29. The third-order valence-corrected chi connectivity index (χ3v) is 2.26. The van der Waals surface area contributed by atoms with E-state index in [4.69, 9.17) is 15.0 Å². The number of ether oxygens (including phenoxy) is 2. The van der Waals surface area contributed by atoms with E-state index in [2.05, 4.69) is 10.0 Å². The van der Waals surface area contributed by atoms with E-state index in [9.17, 15) is 4.79 Å². The van der Waals surface area contributed by atoms with Crippen LogP contribution in [-0.4, -0.2) is 27.1 Å². The number of aldehydes is 1. The number of carbonyl (C=O) groups is 1. The average Bonchev–Trinajstić information content (AvgIpc) is 2.42. The predicted molar refractivity (Wildman–Crippen MR) is 68.0 cm³/mol. The van der Waals surface area contributed by atoms with Crippen molar-refractivity contribution in [2.75, 3.05) is 20.8 Å². The summed E-state index contributed by atoms with van der Waals surface area (Å²) in [4.78, 5) is 13.5. The van der Waals surface area contributed by atoms with Gasteiger partial charge in [-0.2, -0.15) is 0 Å². The van der Waals surface area contributed by atoms with Crippen LogP contribution in [0.1, 0.15) is 15.9 Å². The van der Waals surface area contributed by atoms with Crippen molar-refractivity contribution in [3.05, 3.63) is 39.8 Å². The van der Waals surface area contributed by atoms with Gasteiger partial charge in [0.15, 0.2) is 6.29 Å². The lowest BCUT2D eigenvalue weighted by Gasteiger charge is -2.09. The van der Waals surface area contributed by atoms with Gasteiger partial charge in [0.05, 0.1) is 19.8 Å². The van der Waals surface area contributed by atoms with Gasteiger partial charge in [0.1, 0.15) is 11.5 Å². The number of rotatable bonds is 6. The molecule has 0 spiro atoms. The SMILES string of the molecule is COc1cc(C=CCN=[N+]=[N-])c(OC)cc1C=O. The van der Waals surface area contributed by atoms with E-state index in [1.165, 1.54) is 14.2 Å². The fraction of sp³-hybridized carbons (Fsp3) is 0.250. The summed E-state index contributed by atoms with van der Waals surface area (Å²) in [5.41, 5.74) is 9.32. The molecule has 1 rings (SSSR count). The molecule has 0 unspecified atom stereocenters. The van der Waals surface area contributed by atoms with Gasteiger partial charge in [-0.1, -0.05) is 17.3 Å². The summed E-state index contributed by atoms with van der Waals surface area (Å²) in [5, 5.41) is 3.38. The van der Waals surface area contributed by atoms with E-state index in [-0.39, 0.29) is 6.54 Å². The van der Waals surface area contributed by atoms with Gasteiger partial charge in [-0.3, -0.25) is 4.79 Å². The number of nitrogens with zero attached hydrogens (tertiary/aromatic N) is 3. The number of hydrogen-bond acceptors (Lipinski definition) is 4. The topological polar surface area (TPSA) is 84.3 Å². The molecule has 0 amide bonds. The van der Waals surface area contributed by atoms with Crippen LogP contribution in [0, 0.1) is 0 Å². The molecule has 1 aromatic rings. The van der Waals surface area contributed by atoms with Crippen LogP contribution in [0.25, 0.3) is 16.5 Å². The lowest BCUT2D eigenvalue weighted by molar-refractivity contribution is 0.112. The second kappa shape index (κ2) is 6.98. The van der Waals surface area contributed by atoms with Crippen LogP contribution in [0.5, 0.6) is 11.5 Å². The molecule has 0 saturated heterocycles. The molecule has 1 aromatic carbocycles. The van der Waals surface area contributed by atoms with Gasteiger partial charge < -0.3 is 9.47 Å². The number of hydrogen-bond donors (Lipinski definition) is 0. The van der Waals surface area contributed by atoms with Gasteiger partial charge in [0.2, 0.25) is 0 Å². The van der Waals surface area contributed by atoms with Gasteiger partial charge in [-0.15, -0.1) is 0 Å². The molecule has 6 nitrogen and oxygen atoms in total. The van der Waals surface area contributed by atoms with E-state index in [0.717, 1.165) is 5.56 Å². The molecule has 0 saturated carbocycles. The standard InChI is InChI=1S/C12H13N3O3/c1-17-11-7-10(8-16)12(18-2)6-9(11)4-3-5-14-15-13/h3-4,6-8H,5H2,1-2H3. The van der Waals surface area contributed by atoms with Gasteiger partial charge in [-0.25, -0.2) is 0 Å². The molecule has 94 valence electrons. The molecule has 0 atom stereocenters. The van der Waals surface area contributed by atoms with Gasteiger partial charge in [-0.05, 0) is 17.7 Å². The highest BCUT2D eigenvalue weighted by Gasteiger charge is 2.08. The summed E-state index contributed by atoms with van der Waals surface area (Å²) in [7, 11) is 3.00. The molecule has 0 bridgehead atoms. The highest BCUT2D eigenvalue weighted by Crippen LogP contribution is 2.28. The fourth-order valence-electron chi connectivity index (χ4n) is 1.43. The van der Waals surface area contributed by atoms with Crippen LogP contribution in [0.2, 0.25) is 0 Å². The number of carbonyl (C=O) groups excluding carboxylic acids is 1. The molecule has 0 fully saturated rings. The summed E-state index contributed by atoms with van der Waals surface area (Å²) in [6.07, 6.45) is 4.14. The van der Waals surface area contributed by atoms with Crippen LogP contribution >= 0.6 is 0 Å². The predicted octanol–water partition coefficient (Wildman–Crippen LogP) is 2.84. The molecule has 0 aliphatic carbocycles. The zero-order valence-electron chi connectivity index (χ0n) is 10.2. The molecular weight excluding hydrogens is 234 g/mol. The minimum Gasteiger partial charge on any atom is -0.496 e. The molecule has 0 aliphatic heterocycles. The minimum atomic E-state index is 0.247. The summed E-state index contributed by atoms with van der Waals surface area (Å²) in [5.74, 6) is 1.02. The first-order valence-corrected chi connectivity index (χ1v) is 5.15. The quantitative estimate of drug-likeness (QED) is 0.335. The van der Waals surface area contributed by atoms with Crippen molar-refractivity contribution in [3.63, 3.8) is 0 Å². The van der Waals surface area contributed by atoms with Crippen LogP contribution in [0.3, 0.4) is 0 Å². The average molecular weight is 247 g/mol. The maximum absolute atomic E-state index is 10.9. The molecule has 18 heavy (non-hydrogen) atoms. The highest BCUT2D eigenvalue weighted by atomic mass is 16.5. The van der Waals surface area contributed by atoms with E-state index in [1.807, 2.05) is 0 Å². The van der Waals surface area contributed by atoms with Crippen molar-refractivity contribution >= 4 is 12.4 Å². The number of methoxy groups -OCH3 is 2. The highest BCUT2D eigenvalue weighted by molar-refractivity contribution is 5.82. The second-order valence-corrected chi connectivity index (χ2v) is 3.27. The van der Waals surface area contributed by atoms with E-state index >= 15 is 0 Å². The first-order valence-electron chi connectivity index (χ1n) is 5.15. The van der Waals surface area contributed by atoms with Crippen LogP contribution in [-0.2, 0) is 0 Å². The Balaban J connectivity index is 3.12. The second-order valence-electron chi connectivity index (χ2n) is 3.27. The lowest BCUT2D eigenvalue weighted by atomic mass is 10.1. The molecule has 0 aliphatic rings. The van der Waals surface area contributed by atoms with Gasteiger partial charge in [0.25, 0.3) is 0 Å². The zero-order valence-corrected chi connectivity index (χ0v) is 10.2. The van der Waals surface area contributed by atoms with Crippen LogP contribution < -0.4 is 9.47 Å². The van der Waals surface area contributed by atoms with E-state index in [0.29, 0.717) is 23.3 Å². The van der Waals surface area contributed by atoms with Gasteiger partial charge >= 0.3 is 0 Å². The maximum atomic E-state index is 10.9. The van der Waals surface area contributed by atoms with Gasteiger partial charge in [0, 0.05) is 17.0 Å². The molecule has 0 aromatic heterocycles. The van der Waals surface area contributed by atoms with Crippen molar-refractivity contribution in [1.82, 2.24) is 0 Å². The maximum Gasteiger partial charge on any atom is 0.153 e. The molecule has 0 radical (unpaired) electrons. The number of azide groups is 1. The Morgan fingerprint density at radius 1 is 1.28 bits per heavy atom. The Morgan fingerprint density at radius 3 is 2.44 bits per heavy atom. The molecule has 0 N–H and O–H groups in total. The first kappa shape index (κ1) is 13.6. The molecule has 6 heteroatoms. The van der Waals surface area contributed by atoms with Crippen LogP contribution in [0.15, 0.2) is 23.3 Å². The number of benzene rings is 1. The lowest BCUT2D eigenvalue weighted by Crippen LogP contribution is -1.95. The normalized spacial score (nSPS) is 9.89. The van der Waals surface area contributed by atoms with Crippen molar-refractivity contribution in [2.24, 2.45) is 5.11 Å². The Morgan fingerprint density at radius 2 is 1.89 bits per heavy atom. The Labute approximate surface area is 104 Å². The molecule has 0 heterocycles. The third kappa shape index (κ3) is 3.26. The van der Waals surface area contributed by atoms with E-state index in [1.54, 1.807) is 24.3 Å². The van der Waals surface area contributed by atoms with Crippen molar-refractivity contribution in [3.8, 4) is 11.5 Å². The summed E-state index contributed by atoms with van der Waals surface area (Å²) in [6.45, 7) is 0.247. The molecular formula is C12H13N3O3. The third-order valence-electron chi connectivity index (χ3n) is 2.26. The largest absolute Gasteiger partial charge is 0.496 e. The zero-order chi connectivity index (χ0) is 13.4. The van der Waals surface area contributed by atoms with Crippen molar-refractivity contribution in [1.29, 1.82) is 0 Å². The smallest absolute Gasteiger partial charge is 0.153 e. The first-order chi connectivity index (χ1) is 8.76. The minimum absolute atomic E-state index is 0.247. The Kier molecular flexibility index (Phi) is 5.28. The Hall–Kier alpha value is -2.46. The van der Waals surface area contributed by atoms with Crippen molar-refractivity contribution < 1.29 is 14.3 Å². The Bertz CT molecular complexity index is 506.